The van der Waals surface area contributed by atoms with Crippen molar-refractivity contribution in [2.45, 2.75) is 13.2 Å². The molecule has 2 aromatic rings. The van der Waals surface area contributed by atoms with E-state index in [1.807, 2.05) is 12.1 Å². The molecule has 0 bridgehead atoms. The molecule has 0 atom stereocenters. The lowest BCUT2D eigenvalue weighted by atomic mass is 10.4. The molecule has 120 valence electrons. The van der Waals surface area contributed by atoms with Crippen LogP contribution in [0.25, 0.3) is 0 Å². The molecule has 22 heavy (non-hydrogen) atoms. The number of hydrogen-bond donors (Lipinski definition) is 2. The second-order valence-electron chi connectivity index (χ2n) is 4.41. The topological polar surface area (TPSA) is 105 Å². The summed E-state index contributed by atoms with van der Waals surface area (Å²) in [6.07, 6.45) is 1.61. The van der Waals surface area contributed by atoms with Crippen molar-refractivity contribution in [1.82, 2.24) is 9.97 Å². The van der Waals surface area contributed by atoms with Crippen LogP contribution in [0.5, 0.6) is 5.88 Å². The summed E-state index contributed by atoms with van der Waals surface area (Å²) < 4.78 is 20.8. The summed E-state index contributed by atoms with van der Waals surface area (Å²) in [5.74, 6) is 2.03. The van der Waals surface area contributed by atoms with Crippen molar-refractivity contribution in [3.63, 3.8) is 0 Å². The van der Waals surface area contributed by atoms with Crippen LogP contribution in [-0.4, -0.2) is 37.4 Å². The van der Waals surface area contributed by atoms with E-state index in [4.69, 9.17) is 24.4 Å². The van der Waals surface area contributed by atoms with Gasteiger partial charge in [-0.15, -0.1) is 0 Å². The molecule has 2 heterocycles. The van der Waals surface area contributed by atoms with Gasteiger partial charge in [-0.1, -0.05) is 0 Å². The minimum Gasteiger partial charge on any atom is -0.474 e. The Morgan fingerprint density at radius 3 is 2.77 bits per heavy atom. The second-order valence-corrected chi connectivity index (χ2v) is 4.41. The van der Waals surface area contributed by atoms with E-state index in [9.17, 15) is 0 Å². The molecule has 0 aliphatic heterocycles. The highest BCUT2D eigenvalue weighted by Gasteiger charge is 2.13. The van der Waals surface area contributed by atoms with E-state index in [0.717, 1.165) is 5.76 Å². The smallest absolute Gasteiger partial charge is 0.243 e. The Balaban J connectivity index is 2.14. The van der Waals surface area contributed by atoms with Gasteiger partial charge in [0.1, 0.15) is 24.7 Å². The molecule has 0 aromatic carbocycles. The molecule has 8 nitrogen and oxygen atoms in total. The Labute approximate surface area is 128 Å². The summed E-state index contributed by atoms with van der Waals surface area (Å²) in [7, 11) is 3.17. The van der Waals surface area contributed by atoms with Crippen LogP contribution in [0.2, 0.25) is 0 Å². The molecule has 0 aliphatic carbocycles. The van der Waals surface area contributed by atoms with Gasteiger partial charge in [0.05, 0.1) is 19.4 Å². The van der Waals surface area contributed by atoms with Gasteiger partial charge < -0.3 is 29.7 Å². The van der Waals surface area contributed by atoms with Crippen LogP contribution in [0.4, 0.5) is 11.5 Å². The van der Waals surface area contributed by atoms with E-state index in [0.29, 0.717) is 43.0 Å². The first kappa shape index (κ1) is 16.1. The van der Waals surface area contributed by atoms with E-state index in [-0.39, 0.29) is 6.61 Å². The monoisotopic (exact) mass is 308 g/mol. The Hall–Kier alpha value is -2.32. The number of ether oxygens (including phenoxy) is 3. The standard InChI is InChI=1S/C14H20N4O4/c1-19-6-7-22-14-12(15)13(17-11(18-14)9-20-2)16-8-10-4-3-5-21-10/h3-5H,6-9,15H2,1-2H3,(H,16,17,18). The Morgan fingerprint density at radius 2 is 2.09 bits per heavy atom. The fraction of sp³-hybridized carbons (Fsp3) is 0.429. The van der Waals surface area contributed by atoms with Crippen LogP contribution in [0.1, 0.15) is 11.6 Å². The summed E-state index contributed by atoms with van der Waals surface area (Å²) in [5.41, 5.74) is 6.38. The molecule has 0 saturated heterocycles. The van der Waals surface area contributed by atoms with Crippen molar-refractivity contribution in [3.05, 3.63) is 30.0 Å². The Morgan fingerprint density at radius 1 is 1.23 bits per heavy atom. The van der Waals surface area contributed by atoms with Crippen LogP contribution in [0.3, 0.4) is 0 Å². The highest BCUT2D eigenvalue weighted by molar-refractivity contribution is 5.66. The van der Waals surface area contributed by atoms with Crippen molar-refractivity contribution < 1.29 is 18.6 Å². The zero-order chi connectivity index (χ0) is 15.8. The number of nitrogen functional groups attached to an aromatic ring is 1. The van der Waals surface area contributed by atoms with Crippen LogP contribution in [0, 0.1) is 0 Å². The van der Waals surface area contributed by atoms with Gasteiger partial charge >= 0.3 is 0 Å². The van der Waals surface area contributed by atoms with Crippen LogP contribution >= 0.6 is 0 Å². The Bertz CT molecular complexity index is 574. The third-order valence-electron chi connectivity index (χ3n) is 2.77. The van der Waals surface area contributed by atoms with Crippen LogP contribution < -0.4 is 15.8 Å². The highest BCUT2D eigenvalue weighted by Crippen LogP contribution is 2.26. The number of rotatable bonds is 9. The average Bonchev–Trinajstić information content (AvgIpc) is 3.02. The minimum atomic E-state index is 0.260. The lowest BCUT2D eigenvalue weighted by Crippen LogP contribution is -2.13. The van der Waals surface area contributed by atoms with Crippen molar-refractivity contribution >= 4 is 11.5 Å². The first-order valence-corrected chi connectivity index (χ1v) is 6.78. The normalized spacial score (nSPS) is 10.6. The van der Waals surface area contributed by atoms with Crippen molar-refractivity contribution in [2.24, 2.45) is 0 Å². The summed E-state index contributed by atoms with van der Waals surface area (Å²) in [5, 5.41) is 3.11. The van der Waals surface area contributed by atoms with E-state index in [1.54, 1.807) is 20.5 Å². The molecule has 3 N–H and O–H groups in total. The molecule has 0 spiro atoms. The SMILES string of the molecule is COCCOc1nc(COC)nc(NCc2ccco2)c1N. The van der Waals surface area contributed by atoms with E-state index < -0.39 is 0 Å². The van der Waals surface area contributed by atoms with Gasteiger partial charge in [0.2, 0.25) is 5.88 Å². The van der Waals surface area contributed by atoms with Gasteiger partial charge in [-0.25, -0.2) is 4.98 Å². The van der Waals surface area contributed by atoms with E-state index in [1.165, 1.54) is 0 Å². The van der Waals surface area contributed by atoms with Crippen molar-refractivity contribution in [3.8, 4) is 5.88 Å². The number of nitrogens with two attached hydrogens (primary N) is 1. The molecule has 8 heteroatoms. The zero-order valence-electron chi connectivity index (χ0n) is 12.7. The molecule has 0 saturated carbocycles. The van der Waals surface area contributed by atoms with E-state index in [2.05, 4.69) is 15.3 Å². The fourth-order valence-corrected chi connectivity index (χ4v) is 1.74. The number of furan rings is 1. The molecule has 0 radical (unpaired) electrons. The van der Waals surface area contributed by atoms with Gasteiger partial charge in [-0.3, -0.25) is 0 Å². The summed E-state index contributed by atoms with van der Waals surface area (Å²) in [6.45, 7) is 1.51. The third-order valence-corrected chi connectivity index (χ3v) is 2.77. The largest absolute Gasteiger partial charge is 0.474 e. The highest BCUT2D eigenvalue weighted by atomic mass is 16.5. The number of methoxy groups -OCH3 is 2. The molecule has 0 amide bonds. The molecule has 0 aliphatic rings. The van der Waals surface area contributed by atoms with Crippen molar-refractivity contribution in [1.29, 1.82) is 0 Å². The fourth-order valence-electron chi connectivity index (χ4n) is 1.74. The zero-order valence-corrected chi connectivity index (χ0v) is 12.7. The lowest BCUT2D eigenvalue weighted by Gasteiger charge is -2.13. The summed E-state index contributed by atoms with van der Waals surface area (Å²) >= 11 is 0. The van der Waals surface area contributed by atoms with Gasteiger partial charge in [0, 0.05) is 14.2 Å². The van der Waals surface area contributed by atoms with Crippen LogP contribution in [0.15, 0.2) is 22.8 Å². The molecular weight excluding hydrogens is 288 g/mol. The molecule has 0 fully saturated rings. The maximum Gasteiger partial charge on any atom is 0.243 e. The number of nitrogens with one attached hydrogen (secondary N) is 1. The average molecular weight is 308 g/mol. The maximum atomic E-state index is 6.05. The maximum absolute atomic E-state index is 6.05. The molecule has 2 rings (SSSR count). The number of aromatic nitrogens is 2. The predicted octanol–water partition coefficient (Wildman–Crippen LogP) is 1.44. The summed E-state index contributed by atoms with van der Waals surface area (Å²) in [4.78, 5) is 8.56. The lowest BCUT2D eigenvalue weighted by molar-refractivity contribution is 0.142. The van der Waals surface area contributed by atoms with E-state index >= 15 is 0 Å². The number of hydrogen-bond acceptors (Lipinski definition) is 8. The number of nitrogens with zero attached hydrogens (tertiary/aromatic N) is 2. The Kier molecular flexibility index (Phi) is 5.99. The van der Waals surface area contributed by atoms with Gasteiger partial charge in [-0.05, 0) is 12.1 Å². The molecule has 0 unspecified atom stereocenters. The van der Waals surface area contributed by atoms with Gasteiger partial charge in [0.15, 0.2) is 11.6 Å². The molecular formula is C14H20N4O4. The van der Waals surface area contributed by atoms with Crippen molar-refractivity contribution in [2.75, 3.05) is 38.5 Å². The summed E-state index contributed by atoms with van der Waals surface area (Å²) in [6, 6.07) is 3.67. The first-order valence-electron chi connectivity index (χ1n) is 6.78. The first-order chi connectivity index (χ1) is 10.7. The minimum absolute atomic E-state index is 0.260. The third kappa shape index (κ3) is 4.34. The van der Waals surface area contributed by atoms with Gasteiger partial charge in [-0.2, -0.15) is 4.98 Å². The molecule has 2 aromatic heterocycles. The van der Waals surface area contributed by atoms with Crippen LogP contribution in [-0.2, 0) is 22.6 Å². The predicted molar refractivity (Wildman–Crippen MR) is 80.6 cm³/mol. The second kappa shape index (κ2) is 8.20. The number of anilines is 2. The quantitative estimate of drug-likeness (QED) is 0.670. The van der Waals surface area contributed by atoms with Gasteiger partial charge in [0.25, 0.3) is 0 Å².